The van der Waals surface area contributed by atoms with E-state index < -0.39 is 5.97 Å². The summed E-state index contributed by atoms with van der Waals surface area (Å²) in [4.78, 5) is 24.3. The van der Waals surface area contributed by atoms with Crippen LogP contribution >= 0.6 is 0 Å². The Balaban J connectivity index is 1.15. The first-order chi connectivity index (χ1) is 19.9. The number of carboxylic acid groups (broad SMARTS) is 1. The number of nitrogens with one attached hydrogen (secondary N) is 1. The largest absolute Gasteiger partial charge is 0.496 e. The lowest BCUT2D eigenvalue weighted by Gasteiger charge is -2.44. The van der Waals surface area contributed by atoms with Crippen LogP contribution in [-0.4, -0.2) is 43.4 Å². The summed E-state index contributed by atoms with van der Waals surface area (Å²) < 4.78 is 23.4. The molecule has 3 aromatic carbocycles. The van der Waals surface area contributed by atoms with Crippen LogP contribution in [0.5, 0.6) is 23.0 Å². The number of rotatable bonds is 10. The molecule has 0 saturated heterocycles. The molecule has 8 heteroatoms. The van der Waals surface area contributed by atoms with Crippen molar-refractivity contribution >= 4 is 17.6 Å². The van der Waals surface area contributed by atoms with Crippen molar-refractivity contribution in [3.63, 3.8) is 0 Å². The zero-order chi connectivity index (χ0) is 28.8. The normalized spacial score (nSPS) is 21.8. The number of anilines is 1. The highest BCUT2D eigenvalue weighted by Crippen LogP contribution is 2.43. The molecular formula is C33H37NO7. The van der Waals surface area contributed by atoms with E-state index in [2.05, 4.69) is 5.32 Å². The zero-order valence-corrected chi connectivity index (χ0v) is 23.5. The van der Waals surface area contributed by atoms with E-state index in [1.807, 2.05) is 43.5 Å². The SMILES string of the molecule is COc1cccc(NC(=O)Cc2ccc(Oc3ccc(OC4CCCC5C(OC)CCCC45)cc3)cc2)c1C(=O)O. The lowest BCUT2D eigenvalue weighted by molar-refractivity contribution is -0.115. The van der Waals surface area contributed by atoms with Crippen LogP contribution in [0.1, 0.15) is 54.4 Å². The molecule has 4 unspecified atom stereocenters. The molecule has 2 saturated carbocycles. The molecule has 2 aliphatic carbocycles. The van der Waals surface area contributed by atoms with E-state index in [9.17, 15) is 14.7 Å². The van der Waals surface area contributed by atoms with Gasteiger partial charge in [-0.1, -0.05) is 24.6 Å². The molecule has 41 heavy (non-hydrogen) atoms. The summed E-state index contributed by atoms with van der Waals surface area (Å²) in [7, 11) is 3.22. The third-order valence-electron chi connectivity index (χ3n) is 8.23. The Morgan fingerprint density at radius 2 is 1.41 bits per heavy atom. The van der Waals surface area contributed by atoms with Crippen LogP contribution in [0.4, 0.5) is 5.69 Å². The minimum absolute atomic E-state index is 0.0801. The van der Waals surface area contributed by atoms with Gasteiger partial charge in [0.1, 0.15) is 34.7 Å². The first kappa shape index (κ1) is 28.5. The maximum atomic E-state index is 12.6. The van der Waals surface area contributed by atoms with Gasteiger partial charge in [0, 0.05) is 13.0 Å². The number of ether oxygens (including phenoxy) is 4. The van der Waals surface area contributed by atoms with Crippen molar-refractivity contribution in [3.05, 3.63) is 77.9 Å². The summed E-state index contributed by atoms with van der Waals surface area (Å²) in [6.07, 6.45) is 7.71. The van der Waals surface area contributed by atoms with E-state index in [1.54, 1.807) is 18.2 Å². The van der Waals surface area contributed by atoms with Crippen molar-refractivity contribution in [1.29, 1.82) is 0 Å². The van der Waals surface area contributed by atoms with Crippen LogP contribution in [0.3, 0.4) is 0 Å². The Morgan fingerprint density at radius 1 is 0.805 bits per heavy atom. The second-order valence-electron chi connectivity index (χ2n) is 10.8. The van der Waals surface area contributed by atoms with Gasteiger partial charge in [-0.3, -0.25) is 4.79 Å². The van der Waals surface area contributed by atoms with Crippen LogP contribution < -0.4 is 19.5 Å². The molecular weight excluding hydrogens is 522 g/mol. The molecule has 0 spiro atoms. The monoisotopic (exact) mass is 559 g/mol. The average molecular weight is 560 g/mol. The van der Waals surface area contributed by atoms with E-state index in [1.165, 1.54) is 44.9 Å². The molecule has 2 fully saturated rings. The Kier molecular flexibility index (Phi) is 9.09. The molecule has 0 radical (unpaired) electrons. The number of hydrogen-bond acceptors (Lipinski definition) is 6. The van der Waals surface area contributed by atoms with Gasteiger partial charge in [0.05, 0.1) is 25.3 Å². The van der Waals surface area contributed by atoms with Crippen LogP contribution in [0, 0.1) is 11.8 Å². The topological polar surface area (TPSA) is 103 Å². The van der Waals surface area contributed by atoms with Gasteiger partial charge in [-0.05, 0) is 92.1 Å². The van der Waals surface area contributed by atoms with Crippen LogP contribution in [0.25, 0.3) is 0 Å². The van der Waals surface area contributed by atoms with Gasteiger partial charge < -0.3 is 29.4 Å². The second kappa shape index (κ2) is 13.1. The third-order valence-corrected chi connectivity index (χ3v) is 8.23. The number of hydrogen-bond donors (Lipinski definition) is 2. The predicted octanol–water partition coefficient (Wildman–Crippen LogP) is 6.73. The molecule has 2 N–H and O–H groups in total. The van der Waals surface area contributed by atoms with E-state index in [4.69, 9.17) is 18.9 Å². The Hall–Kier alpha value is -4.04. The number of carbonyl (C=O) groups excluding carboxylic acids is 1. The summed E-state index contributed by atoms with van der Waals surface area (Å²) in [5.41, 5.74) is 0.873. The van der Waals surface area contributed by atoms with Crippen molar-refractivity contribution in [2.45, 2.75) is 57.2 Å². The van der Waals surface area contributed by atoms with Crippen molar-refractivity contribution in [2.75, 3.05) is 19.5 Å². The second-order valence-corrected chi connectivity index (χ2v) is 10.8. The minimum Gasteiger partial charge on any atom is -0.496 e. The number of aromatic carboxylic acids is 1. The predicted molar refractivity (Wildman–Crippen MR) is 155 cm³/mol. The summed E-state index contributed by atoms with van der Waals surface area (Å²) in [6.45, 7) is 0. The maximum absolute atomic E-state index is 12.6. The van der Waals surface area contributed by atoms with E-state index >= 15 is 0 Å². The third kappa shape index (κ3) is 6.82. The van der Waals surface area contributed by atoms with Gasteiger partial charge in [0.15, 0.2) is 0 Å². The van der Waals surface area contributed by atoms with E-state index in [0.717, 1.165) is 24.2 Å². The molecule has 2 aliphatic rings. The first-order valence-electron chi connectivity index (χ1n) is 14.2. The van der Waals surface area contributed by atoms with Gasteiger partial charge in [0.2, 0.25) is 5.91 Å². The summed E-state index contributed by atoms with van der Waals surface area (Å²) in [6, 6.07) is 19.7. The molecule has 0 heterocycles. The molecule has 5 rings (SSSR count). The van der Waals surface area contributed by atoms with Gasteiger partial charge >= 0.3 is 5.97 Å². The standard InChI is InChI=1S/C33H37NO7/c1-38-28-9-3-7-26-25(28)6-4-10-29(26)41-24-18-16-23(17-19-24)40-22-14-12-21(13-15-22)20-31(35)34-27-8-5-11-30(39-2)32(27)33(36)37/h5,8,11-19,25-26,28-29H,3-4,6-7,9-10,20H2,1-2H3,(H,34,35)(H,36,37). The Labute approximate surface area is 240 Å². The fourth-order valence-electron chi connectivity index (χ4n) is 6.31. The molecule has 0 aliphatic heterocycles. The average Bonchev–Trinajstić information content (AvgIpc) is 2.98. The highest BCUT2D eigenvalue weighted by Gasteiger charge is 2.41. The molecule has 1 amide bonds. The number of amides is 1. The molecule has 4 atom stereocenters. The summed E-state index contributed by atoms with van der Waals surface area (Å²) >= 11 is 0. The molecule has 216 valence electrons. The quantitative estimate of drug-likeness (QED) is 0.284. The number of benzene rings is 3. The first-order valence-corrected chi connectivity index (χ1v) is 14.2. The summed E-state index contributed by atoms with van der Waals surface area (Å²) in [5, 5.41) is 12.2. The lowest BCUT2D eigenvalue weighted by Crippen LogP contribution is -2.44. The fraction of sp³-hybridized carbons (Fsp3) is 0.394. The zero-order valence-electron chi connectivity index (χ0n) is 23.5. The van der Waals surface area contributed by atoms with Crippen LogP contribution in [0.2, 0.25) is 0 Å². The van der Waals surface area contributed by atoms with Crippen molar-refractivity contribution in [3.8, 4) is 23.0 Å². The maximum Gasteiger partial charge on any atom is 0.341 e. The number of fused-ring (bicyclic) bond motifs is 1. The van der Waals surface area contributed by atoms with Gasteiger partial charge in [-0.25, -0.2) is 4.79 Å². The Bertz CT molecular complexity index is 1340. The van der Waals surface area contributed by atoms with E-state index in [-0.39, 0.29) is 35.4 Å². The van der Waals surface area contributed by atoms with Crippen molar-refractivity contribution < 1.29 is 33.6 Å². The van der Waals surface area contributed by atoms with Crippen LogP contribution in [-0.2, 0) is 16.0 Å². The van der Waals surface area contributed by atoms with E-state index in [0.29, 0.717) is 29.4 Å². The lowest BCUT2D eigenvalue weighted by atomic mass is 9.68. The molecule has 8 nitrogen and oxygen atoms in total. The van der Waals surface area contributed by atoms with Gasteiger partial charge in [-0.2, -0.15) is 0 Å². The number of methoxy groups -OCH3 is 2. The smallest absolute Gasteiger partial charge is 0.341 e. The fourth-order valence-corrected chi connectivity index (χ4v) is 6.31. The molecule has 0 aromatic heterocycles. The highest BCUT2D eigenvalue weighted by atomic mass is 16.5. The Morgan fingerprint density at radius 3 is 2.05 bits per heavy atom. The molecule has 3 aromatic rings. The number of carboxylic acids is 1. The van der Waals surface area contributed by atoms with Crippen molar-refractivity contribution in [1.82, 2.24) is 0 Å². The van der Waals surface area contributed by atoms with Crippen molar-refractivity contribution in [2.24, 2.45) is 11.8 Å². The minimum atomic E-state index is -1.18. The summed E-state index contributed by atoms with van der Waals surface area (Å²) in [5.74, 6) is 2.01. The van der Waals surface area contributed by atoms with Gasteiger partial charge in [-0.15, -0.1) is 0 Å². The number of carbonyl (C=O) groups is 2. The van der Waals surface area contributed by atoms with Gasteiger partial charge in [0.25, 0.3) is 0 Å². The molecule has 0 bridgehead atoms. The highest BCUT2D eigenvalue weighted by molar-refractivity contribution is 6.03. The van der Waals surface area contributed by atoms with Crippen LogP contribution in [0.15, 0.2) is 66.7 Å².